The van der Waals surface area contributed by atoms with Gasteiger partial charge < -0.3 is 19.9 Å². The molecule has 0 aromatic rings. The Hall–Kier alpha value is -0.160. The molecule has 19 heavy (non-hydrogen) atoms. The Morgan fingerprint density at radius 3 is 2.21 bits per heavy atom. The van der Waals surface area contributed by atoms with Gasteiger partial charge in [-0.3, -0.25) is 0 Å². The van der Waals surface area contributed by atoms with E-state index in [1.54, 1.807) is 7.11 Å². The molecular weight excluding hydrogens is 242 g/mol. The van der Waals surface area contributed by atoms with Crippen LogP contribution in [0.4, 0.5) is 0 Å². The van der Waals surface area contributed by atoms with Crippen LogP contribution in [0.3, 0.4) is 0 Å². The second-order valence-electron chi connectivity index (χ2n) is 6.91. The van der Waals surface area contributed by atoms with E-state index in [1.807, 2.05) is 6.92 Å². The highest BCUT2D eigenvalue weighted by Crippen LogP contribution is 2.67. The lowest BCUT2D eigenvalue weighted by Crippen LogP contribution is -2.33. The van der Waals surface area contributed by atoms with Crippen molar-refractivity contribution < 1.29 is 14.6 Å². The number of rotatable bonds is 9. The number of aliphatic hydroxyl groups is 1. The van der Waals surface area contributed by atoms with Gasteiger partial charge in [0.25, 0.3) is 0 Å². The molecule has 4 heteroatoms. The molecule has 1 rings (SSSR count). The third-order valence-electron chi connectivity index (χ3n) is 5.02. The molecule has 0 amide bonds. The first-order valence-electron chi connectivity index (χ1n) is 7.22. The lowest BCUT2D eigenvalue weighted by atomic mass is 10.0. The van der Waals surface area contributed by atoms with Crippen molar-refractivity contribution in [2.45, 2.75) is 46.8 Å². The first-order valence-corrected chi connectivity index (χ1v) is 7.22. The average Bonchev–Trinajstić information content (AvgIpc) is 2.69. The predicted octanol–water partition coefficient (Wildman–Crippen LogP) is 1.67. The Kier molecular flexibility index (Phi) is 5.80. The fourth-order valence-electron chi connectivity index (χ4n) is 2.85. The van der Waals surface area contributed by atoms with Gasteiger partial charge >= 0.3 is 0 Å². The third kappa shape index (κ3) is 4.15. The smallest absolute Gasteiger partial charge is 0.0897 e. The van der Waals surface area contributed by atoms with Crippen molar-refractivity contribution in [2.24, 2.45) is 16.7 Å². The number of nitrogens with one attached hydrogen (secondary N) is 1. The van der Waals surface area contributed by atoms with E-state index in [2.05, 4.69) is 33.0 Å². The van der Waals surface area contributed by atoms with Crippen LogP contribution in [0.1, 0.15) is 34.6 Å². The fraction of sp³-hybridized carbons (Fsp3) is 1.00. The molecule has 0 saturated heterocycles. The molecule has 0 aromatic carbocycles. The number of aliphatic hydroxyl groups excluding tert-OH is 1. The summed E-state index contributed by atoms with van der Waals surface area (Å²) >= 11 is 0. The molecule has 1 aliphatic rings. The molecule has 4 nitrogen and oxygen atoms in total. The summed E-state index contributed by atoms with van der Waals surface area (Å²) in [6.45, 7) is 13.7. The Bertz CT molecular complexity index is 265. The summed E-state index contributed by atoms with van der Waals surface area (Å²) in [7, 11) is 1.65. The van der Waals surface area contributed by atoms with Crippen LogP contribution in [-0.4, -0.2) is 50.7 Å². The van der Waals surface area contributed by atoms with Crippen LogP contribution in [0.25, 0.3) is 0 Å². The minimum Gasteiger partial charge on any atom is -0.389 e. The van der Waals surface area contributed by atoms with E-state index in [0.29, 0.717) is 36.5 Å². The first kappa shape index (κ1) is 16.9. The van der Waals surface area contributed by atoms with Crippen molar-refractivity contribution in [1.29, 1.82) is 0 Å². The van der Waals surface area contributed by atoms with Crippen LogP contribution < -0.4 is 5.32 Å². The molecule has 1 fully saturated rings. The molecule has 1 aliphatic carbocycles. The summed E-state index contributed by atoms with van der Waals surface area (Å²) in [6, 6.07) is 0. The van der Waals surface area contributed by atoms with Crippen LogP contribution in [-0.2, 0) is 9.47 Å². The topological polar surface area (TPSA) is 50.7 Å². The maximum Gasteiger partial charge on any atom is 0.0897 e. The largest absolute Gasteiger partial charge is 0.389 e. The van der Waals surface area contributed by atoms with Gasteiger partial charge in [-0.15, -0.1) is 0 Å². The standard InChI is InChI=1S/C15H31NO3/c1-11(9-18-6)19-10-12(17)7-16-8-13-14(2,3)15(13,4)5/h11-13,16-17H,7-10H2,1-6H3. The van der Waals surface area contributed by atoms with Crippen molar-refractivity contribution in [3.8, 4) is 0 Å². The second-order valence-corrected chi connectivity index (χ2v) is 6.91. The maximum absolute atomic E-state index is 9.83. The number of methoxy groups -OCH3 is 1. The van der Waals surface area contributed by atoms with Gasteiger partial charge in [0.05, 0.1) is 25.4 Å². The van der Waals surface area contributed by atoms with E-state index in [4.69, 9.17) is 9.47 Å². The van der Waals surface area contributed by atoms with E-state index < -0.39 is 6.10 Å². The zero-order chi connectivity index (χ0) is 14.7. The number of hydrogen-bond acceptors (Lipinski definition) is 4. The summed E-state index contributed by atoms with van der Waals surface area (Å²) in [4.78, 5) is 0. The number of ether oxygens (including phenoxy) is 2. The minimum absolute atomic E-state index is 0.0287. The van der Waals surface area contributed by atoms with Crippen LogP contribution in [0.15, 0.2) is 0 Å². The van der Waals surface area contributed by atoms with Crippen molar-refractivity contribution in [3.63, 3.8) is 0 Å². The Morgan fingerprint density at radius 1 is 1.16 bits per heavy atom. The van der Waals surface area contributed by atoms with Gasteiger partial charge in [-0.2, -0.15) is 0 Å². The average molecular weight is 273 g/mol. The molecule has 2 atom stereocenters. The van der Waals surface area contributed by atoms with Crippen LogP contribution in [0, 0.1) is 16.7 Å². The lowest BCUT2D eigenvalue weighted by molar-refractivity contribution is -0.0311. The zero-order valence-electron chi connectivity index (χ0n) is 13.3. The quantitative estimate of drug-likeness (QED) is 0.671. The Balaban J connectivity index is 2.10. The summed E-state index contributed by atoms with van der Waals surface area (Å²) in [6.07, 6.45) is -0.426. The summed E-state index contributed by atoms with van der Waals surface area (Å²) in [5, 5.41) is 13.2. The SMILES string of the molecule is COCC(C)OCC(O)CNCC1C(C)(C)C1(C)C. The van der Waals surface area contributed by atoms with Crippen molar-refractivity contribution in [2.75, 3.05) is 33.4 Å². The van der Waals surface area contributed by atoms with Gasteiger partial charge in [0.15, 0.2) is 0 Å². The van der Waals surface area contributed by atoms with E-state index in [9.17, 15) is 5.11 Å². The van der Waals surface area contributed by atoms with E-state index in [0.717, 1.165) is 6.54 Å². The van der Waals surface area contributed by atoms with E-state index in [1.165, 1.54) is 0 Å². The van der Waals surface area contributed by atoms with Gasteiger partial charge in [0, 0.05) is 13.7 Å². The zero-order valence-corrected chi connectivity index (χ0v) is 13.3. The molecule has 0 spiro atoms. The van der Waals surface area contributed by atoms with Crippen molar-refractivity contribution in [3.05, 3.63) is 0 Å². The van der Waals surface area contributed by atoms with Crippen molar-refractivity contribution >= 4 is 0 Å². The minimum atomic E-state index is -0.454. The third-order valence-corrected chi connectivity index (χ3v) is 5.02. The molecular formula is C15H31NO3. The number of hydrogen-bond donors (Lipinski definition) is 2. The van der Waals surface area contributed by atoms with Crippen LogP contribution in [0.5, 0.6) is 0 Å². The maximum atomic E-state index is 9.83. The summed E-state index contributed by atoms with van der Waals surface area (Å²) in [5.41, 5.74) is 0.795. The summed E-state index contributed by atoms with van der Waals surface area (Å²) in [5.74, 6) is 0.681. The highest BCUT2D eigenvalue weighted by Gasteiger charge is 2.63. The molecule has 0 bridgehead atoms. The molecule has 2 unspecified atom stereocenters. The van der Waals surface area contributed by atoms with Gasteiger partial charge in [0.2, 0.25) is 0 Å². The van der Waals surface area contributed by atoms with Crippen LogP contribution in [0.2, 0.25) is 0 Å². The molecule has 0 heterocycles. The molecule has 0 radical (unpaired) electrons. The highest BCUT2D eigenvalue weighted by atomic mass is 16.5. The first-order chi connectivity index (χ1) is 8.73. The fourth-order valence-corrected chi connectivity index (χ4v) is 2.85. The predicted molar refractivity (Wildman–Crippen MR) is 77.2 cm³/mol. The monoisotopic (exact) mass is 273 g/mol. The normalized spacial score (nSPS) is 24.2. The van der Waals surface area contributed by atoms with Crippen LogP contribution >= 0.6 is 0 Å². The van der Waals surface area contributed by atoms with Gasteiger partial charge in [0.1, 0.15) is 0 Å². The molecule has 0 aromatic heterocycles. The highest BCUT2D eigenvalue weighted by molar-refractivity contribution is 5.12. The Morgan fingerprint density at radius 2 is 1.74 bits per heavy atom. The van der Waals surface area contributed by atoms with E-state index >= 15 is 0 Å². The molecule has 2 N–H and O–H groups in total. The lowest BCUT2D eigenvalue weighted by Gasteiger charge is -2.16. The van der Waals surface area contributed by atoms with E-state index in [-0.39, 0.29) is 6.10 Å². The van der Waals surface area contributed by atoms with Gasteiger partial charge in [-0.25, -0.2) is 0 Å². The Labute approximate surface area is 117 Å². The van der Waals surface area contributed by atoms with Gasteiger partial charge in [-0.1, -0.05) is 27.7 Å². The van der Waals surface area contributed by atoms with Gasteiger partial charge in [-0.05, 0) is 30.2 Å². The summed E-state index contributed by atoms with van der Waals surface area (Å²) < 4.78 is 10.5. The van der Waals surface area contributed by atoms with Crippen molar-refractivity contribution in [1.82, 2.24) is 5.32 Å². The molecule has 114 valence electrons. The second kappa shape index (κ2) is 6.53. The molecule has 1 saturated carbocycles. The molecule has 0 aliphatic heterocycles.